The Kier molecular flexibility index (Phi) is 5.12. The summed E-state index contributed by atoms with van der Waals surface area (Å²) < 4.78 is 1.69. The lowest BCUT2D eigenvalue weighted by Gasteiger charge is -2.20. The van der Waals surface area contributed by atoms with Gasteiger partial charge in [-0.2, -0.15) is 0 Å². The Balaban J connectivity index is 1.70. The van der Waals surface area contributed by atoms with E-state index in [9.17, 15) is 9.90 Å². The number of phenolic OH excluding ortho intramolecular Hbond substituents is 1. The van der Waals surface area contributed by atoms with Gasteiger partial charge in [0, 0.05) is 25.8 Å². The number of hydrogen-bond donors (Lipinski definition) is 1. The molecule has 0 atom stereocenters. The predicted octanol–water partition coefficient (Wildman–Crippen LogP) is 4.01. The van der Waals surface area contributed by atoms with Gasteiger partial charge in [-0.15, -0.1) is 0 Å². The molecule has 5 rings (SSSR count). The van der Waals surface area contributed by atoms with Gasteiger partial charge in [0.25, 0.3) is 5.56 Å². The first-order valence-electron chi connectivity index (χ1n) is 10.7. The van der Waals surface area contributed by atoms with Crippen LogP contribution in [0.3, 0.4) is 0 Å². The molecule has 1 aliphatic heterocycles. The van der Waals surface area contributed by atoms with Gasteiger partial charge < -0.3 is 10.0 Å². The molecular formula is C25H24N4O2. The van der Waals surface area contributed by atoms with Crippen molar-refractivity contribution in [3.63, 3.8) is 0 Å². The van der Waals surface area contributed by atoms with Gasteiger partial charge in [-0.1, -0.05) is 42.5 Å². The second kappa shape index (κ2) is 8.22. The number of para-hydroxylation sites is 1. The number of pyridine rings is 1. The number of benzene rings is 2. The normalized spacial score (nSPS) is 13.7. The molecule has 2 aromatic heterocycles. The molecule has 0 unspecified atom stereocenters. The molecule has 1 N–H and O–H groups in total. The van der Waals surface area contributed by atoms with Crippen LogP contribution in [0.25, 0.3) is 22.3 Å². The highest BCUT2D eigenvalue weighted by Crippen LogP contribution is 2.30. The number of aryl methyl sites for hydroxylation is 1. The Morgan fingerprint density at radius 1 is 0.935 bits per heavy atom. The van der Waals surface area contributed by atoms with Gasteiger partial charge in [0.2, 0.25) is 0 Å². The minimum absolute atomic E-state index is 0.107. The first kappa shape index (κ1) is 19.3. The van der Waals surface area contributed by atoms with Gasteiger partial charge in [0.15, 0.2) is 0 Å². The molecule has 0 amide bonds. The van der Waals surface area contributed by atoms with E-state index in [-0.39, 0.29) is 11.3 Å². The largest absolute Gasteiger partial charge is 0.507 e. The van der Waals surface area contributed by atoms with Crippen LogP contribution in [0.5, 0.6) is 5.75 Å². The standard InChI is InChI=1S/C25H24N4O2/c30-21-11-5-4-10-19(21)23-27-20-12-14-26-24(28-15-6-7-16-28)22(20)25(31)29(23)17-13-18-8-2-1-3-9-18/h1-5,8-12,14,30H,6-7,13,15-17H2. The first-order valence-corrected chi connectivity index (χ1v) is 10.7. The number of hydrogen-bond acceptors (Lipinski definition) is 5. The minimum Gasteiger partial charge on any atom is -0.507 e. The van der Waals surface area contributed by atoms with Crippen LogP contribution in [-0.4, -0.2) is 32.7 Å². The lowest BCUT2D eigenvalue weighted by atomic mass is 10.1. The van der Waals surface area contributed by atoms with E-state index in [1.54, 1.807) is 35.0 Å². The van der Waals surface area contributed by atoms with Crippen molar-refractivity contribution in [1.82, 2.24) is 14.5 Å². The fraction of sp³-hybridized carbons (Fsp3) is 0.240. The lowest BCUT2D eigenvalue weighted by molar-refractivity contribution is 0.476. The second-order valence-electron chi connectivity index (χ2n) is 7.87. The minimum atomic E-state index is -0.116. The summed E-state index contributed by atoms with van der Waals surface area (Å²) in [7, 11) is 0. The third kappa shape index (κ3) is 3.65. The van der Waals surface area contributed by atoms with Crippen LogP contribution in [0.15, 0.2) is 71.7 Å². The molecule has 31 heavy (non-hydrogen) atoms. The number of anilines is 1. The Morgan fingerprint density at radius 2 is 1.68 bits per heavy atom. The zero-order chi connectivity index (χ0) is 21.2. The second-order valence-corrected chi connectivity index (χ2v) is 7.87. The summed E-state index contributed by atoms with van der Waals surface area (Å²) in [5.74, 6) is 1.30. The fourth-order valence-corrected chi connectivity index (χ4v) is 4.27. The molecule has 1 aliphatic rings. The summed E-state index contributed by atoms with van der Waals surface area (Å²) in [5, 5.41) is 11.0. The Hall–Kier alpha value is -3.67. The molecule has 0 bridgehead atoms. The summed E-state index contributed by atoms with van der Waals surface area (Å²) in [6.45, 7) is 2.26. The van der Waals surface area contributed by atoms with E-state index >= 15 is 0 Å². The molecule has 6 heteroatoms. The van der Waals surface area contributed by atoms with Gasteiger partial charge >= 0.3 is 0 Å². The smallest absolute Gasteiger partial charge is 0.265 e. The van der Waals surface area contributed by atoms with Gasteiger partial charge in [0.05, 0.1) is 11.1 Å². The maximum absolute atomic E-state index is 13.8. The zero-order valence-electron chi connectivity index (χ0n) is 17.2. The van der Waals surface area contributed by atoms with Gasteiger partial charge in [-0.05, 0) is 43.0 Å². The maximum atomic E-state index is 13.8. The van der Waals surface area contributed by atoms with Crippen molar-refractivity contribution in [1.29, 1.82) is 0 Å². The predicted molar refractivity (Wildman–Crippen MR) is 122 cm³/mol. The molecule has 2 aromatic carbocycles. The average Bonchev–Trinajstić information content (AvgIpc) is 3.34. The number of aromatic nitrogens is 3. The van der Waals surface area contributed by atoms with Gasteiger partial charge in [-0.25, -0.2) is 9.97 Å². The number of aromatic hydroxyl groups is 1. The summed E-state index contributed by atoms with van der Waals surface area (Å²) in [4.78, 5) is 25.4. The summed E-state index contributed by atoms with van der Waals surface area (Å²) >= 11 is 0. The summed E-state index contributed by atoms with van der Waals surface area (Å²) in [6.07, 6.45) is 4.60. The van der Waals surface area contributed by atoms with Crippen LogP contribution in [0.1, 0.15) is 18.4 Å². The van der Waals surface area contributed by atoms with E-state index in [1.165, 1.54) is 0 Å². The summed E-state index contributed by atoms with van der Waals surface area (Å²) in [5.41, 5.74) is 2.18. The lowest BCUT2D eigenvalue weighted by Crippen LogP contribution is -2.28. The molecule has 3 heterocycles. The Bertz CT molecular complexity index is 1280. The highest BCUT2D eigenvalue weighted by Gasteiger charge is 2.22. The molecule has 0 aliphatic carbocycles. The van der Waals surface area contributed by atoms with Gasteiger partial charge in [0.1, 0.15) is 22.8 Å². The third-order valence-electron chi connectivity index (χ3n) is 5.87. The van der Waals surface area contributed by atoms with Crippen molar-refractivity contribution in [3.05, 3.63) is 82.8 Å². The van der Waals surface area contributed by atoms with E-state index < -0.39 is 0 Å². The zero-order valence-corrected chi connectivity index (χ0v) is 17.2. The van der Waals surface area contributed by atoms with Crippen molar-refractivity contribution in [3.8, 4) is 17.1 Å². The van der Waals surface area contributed by atoms with Crippen molar-refractivity contribution < 1.29 is 5.11 Å². The molecule has 0 saturated carbocycles. The van der Waals surface area contributed by atoms with E-state index in [4.69, 9.17) is 4.98 Å². The maximum Gasteiger partial charge on any atom is 0.265 e. The monoisotopic (exact) mass is 412 g/mol. The van der Waals surface area contributed by atoms with Crippen LogP contribution in [0, 0.1) is 0 Å². The number of fused-ring (bicyclic) bond motifs is 1. The van der Waals surface area contributed by atoms with Crippen LogP contribution >= 0.6 is 0 Å². The van der Waals surface area contributed by atoms with Crippen molar-refractivity contribution in [2.24, 2.45) is 0 Å². The van der Waals surface area contributed by atoms with E-state index in [0.29, 0.717) is 41.1 Å². The molecule has 0 spiro atoms. The van der Waals surface area contributed by atoms with E-state index in [2.05, 4.69) is 22.0 Å². The van der Waals surface area contributed by atoms with Crippen molar-refractivity contribution in [2.75, 3.05) is 18.0 Å². The summed E-state index contributed by atoms with van der Waals surface area (Å²) in [6, 6.07) is 18.9. The molecule has 4 aromatic rings. The highest BCUT2D eigenvalue weighted by molar-refractivity contribution is 5.90. The molecule has 1 saturated heterocycles. The number of nitrogens with zero attached hydrogens (tertiary/aromatic N) is 4. The van der Waals surface area contributed by atoms with E-state index in [0.717, 1.165) is 31.5 Å². The van der Waals surface area contributed by atoms with Crippen LogP contribution in [-0.2, 0) is 13.0 Å². The molecule has 0 radical (unpaired) electrons. The van der Waals surface area contributed by atoms with Crippen molar-refractivity contribution >= 4 is 16.7 Å². The third-order valence-corrected chi connectivity index (χ3v) is 5.87. The quantitative estimate of drug-likeness (QED) is 0.536. The SMILES string of the molecule is O=c1c2c(N3CCCC3)nccc2nc(-c2ccccc2O)n1CCc1ccccc1. The fourth-order valence-electron chi connectivity index (χ4n) is 4.27. The van der Waals surface area contributed by atoms with E-state index in [1.807, 2.05) is 24.3 Å². The molecular weight excluding hydrogens is 388 g/mol. The van der Waals surface area contributed by atoms with Crippen molar-refractivity contribution in [2.45, 2.75) is 25.8 Å². The molecule has 1 fully saturated rings. The van der Waals surface area contributed by atoms with Crippen LogP contribution < -0.4 is 10.5 Å². The topological polar surface area (TPSA) is 71.2 Å². The Labute approximate surface area is 180 Å². The molecule has 6 nitrogen and oxygen atoms in total. The molecule has 156 valence electrons. The average molecular weight is 412 g/mol. The highest BCUT2D eigenvalue weighted by atomic mass is 16.3. The van der Waals surface area contributed by atoms with Gasteiger partial charge in [-0.3, -0.25) is 9.36 Å². The number of phenols is 1. The number of rotatable bonds is 5. The van der Waals surface area contributed by atoms with Crippen LogP contribution in [0.4, 0.5) is 5.82 Å². The first-order chi connectivity index (χ1) is 15.2. The van der Waals surface area contributed by atoms with Crippen LogP contribution in [0.2, 0.25) is 0 Å². The Morgan fingerprint density at radius 3 is 2.45 bits per heavy atom.